The number of pyridine rings is 1. The van der Waals surface area contributed by atoms with Gasteiger partial charge < -0.3 is 24.3 Å². The summed E-state index contributed by atoms with van der Waals surface area (Å²) < 4.78 is 37.3. The molecule has 1 unspecified atom stereocenters. The van der Waals surface area contributed by atoms with E-state index >= 15 is 0 Å². The van der Waals surface area contributed by atoms with Crippen LogP contribution in [0.15, 0.2) is 60.8 Å². The van der Waals surface area contributed by atoms with Gasteiger partial charge in [0.15, 0.2) is 5.79 Å². The fraction of sp³-hybridized carbons (Fsp3) is 0.343. The lowest BCUT2D eigenvalue weighted by atomic mass is 10.00. The number of ether oxygens (including phenoxy) is 4. The van der Waals surface area contributed by atoms with Crippen LogP contribution in [-0.4, -0.2) is 46.9 Å². The fourth-order valence-corrected chi connectivity index (χ4v) is 8.63. The molecule has 2 atom stereocenters. The van der Waals surface area contributed by atoms with Gasteiger partial charge in [0.2, 0.25) is 0 Å². The Bertz CT molecular complexity index is 1830. The number of nitrogens with one attached hydrogen (secondary N) is 1. The van der Waals surface area contributed by atoms with Crippen molar-refractivity contribution in [1.29, 1.82) is 5.26 Å². The van der Waals surface area contributed by atoms with Gasteiger partial charge in [-0.2, -0.15) is 5.26 Å². The number of fused-ring (bicyclic) bond motifs is 1. The van der Waals surface area contributed by atoms with E-state index in [2.05, 4.69) is 16.4 Å². The second-order valence-electron chi connectivity index (χ2n) is 11.8. The molecule has 12 heteroatoms. The highest BCUT2D eigenvalue weighted by Crippen LogP contribution is 2.40. The molecule has 3 heterocycles. The second kappa shape index (κ2) is 14.7. The second-order valence-corrected chi connectivity index (χ2v) is 15.0. The number of hydrogen-bond acceptors (Lipinski definition) is 10. The molecule has 2 saturated heterocycles. The van der Waals surface area contributed by atoms with Crippen molar-refractivity contribution < 1.29 is 28.1 Å². The summed E-state index contributed by atoms with van der Waals surface area (Å²) >= 11 is 6.57. The van der Waals surface area contributed by atoms with Crippen LogP contribution in [0.3, 0.4) is 0 Å². The zero-order chi connectivity index (χ0) is 33.0. The van der Waals surface area contributed by atoms with Gasteiger partial charge in [-0.05, 0) is 62.2 Å². The molecule has 2 aliphatic heterocycles. The Kier molecular flexibility index (Phi) is 10.4. The molecule has 2 fully saturated rings. The zero-order valence-corrected chi connectivity index (χ0v) is 28.3. The normalized spacial score (nSPS) is 18.6. The first-order valence-corrected chi connectivity index (χ1v) is 18.0. The predicted molar refractivity (Wildman–Crippen MR) is 184 cm³/mol. The van der Waals surface area contributed by atoms with E-state index < -0.39 is 5.79 Å². The van der Waals surface area contributed by atoms with E-state index in [4.69, 9.17) is 30.5 Å². The van der Waals surface area contributed by atoms with Crippen LogP contribution >= 0.6 is 33.2 Å². The minimum absolute atomic E-state index is 0.121. The fourth-order valence-electron chi connectivity index (χ4n) is 5.46. The van der Waals surface area contributed by atoms with Crippen LogP contribution in [0.25, 0.3) is 10.9 Å². The molecule has 2 aliphatic rings. The molecule has 1 aromatic heterocycles. The molecule has 4 aromatic rings. The van der Waals surface area contributed by atoms with Crippen molar-refractivity contribution in [2.45, 2.75) is 56.9 Å². The molecule has 47 heavy (non-hydrogen) atoms. The summed E-state index contributed by atoms with van der Waals surface area (Å²) in [6.45, 7) is 4.52. The zero-order valence-electron chi connectivity index (χ0n) is 25.9. The number of Topliss-reactive ketones (excluding diaryl/α,β-unsaturated/α-hetero) is 1. The highest BCUT2D eigenvalue weighted by atomic mass is 35.5. The number of rotatable bonds is 12. The molecular weight excluding hydrogens is 661 g/mol. The largest absolute Gasteiger partial charge is 0.490 e. The van der Waals surface area contributed by atoms with Crippen LogP contribution in [-0.2, 0) is 27.3 Å². The third kappa shape index (κ3) is 8.50. The Labute approximate surface area is 285 Å². The average molecular weight is 694 g/mol. The number of anilines is 2. The Morgan fingerprint density at radius 2 is 2.06 bits per heavy atom. The van der Waals surface area contributed by atoms with Gasteiger partial charge in [0.05, 0.1) is 28.4 Å². The van der Waals surface area contributed by atoms with Crippen molar-refractivity contribution in [2.24, 2.45) is 0 Å². The Morgan fingerprint density at radius 1 is 1.19 bits per heavy atom. The third-order valence-electron chi connectivity index (χ3n) is 7.72. The van der Waals surface area contributed by atoms with E-state index in [1.165, 1.54) is 18.3 Å². The minimum Gasteiger partial charge on any atom is -0.490 e. The molecular formula is C35H33ClFN3O5S2. The van der Waals surface area contributed by atoms with Crippen LogP contribution in [0.5, 0.6) is 11.5 Å². The first-order valence-electron chi connectivity index (χ1n) is 15.2. The van der Waals surface area contributed by atoms with Crippen molar-refractivity contribution in [3.05, 3.63) is 88.3 Å². The predicted octanol–water partition coefficient (Wildman–Crippen LogP) is 8.41. The van der Waals surface area contributed by atoms with Gasteiger partial charge in [0.1, 0.15) is 48.5 Å². The van der Waals surface area contributed by atoms with Gasteiger partial charge in [-0.1, -0.05) is 45.3 Å². The summed E-state index contributed by atoms with van der Waals surface area (Å²) in [7, 11) is 3.58. The maximum atomic E-state index is 13.6. The van der Waals surface area contributed by atoms with Crippen molar-refractivity contribution in [2.75, 3.05) is 24.3 Å². The summed E-state index contributed by atoms with van der Waals surface area (Å²) in [6, 6.07) is 17.3. The van der Waals surface area contributed by atoms with Gasteiger partial charge >= 0.3 is 0 Å². The summed E-state index contributed by atoms with van der Waals surface area (Å²) in [5, 5.41) is 14.7. The van der Waals surface area contributed by atoms with E-state index in [9.17, 15) is 14.4 Å². The van der Waals surface area contributed by atoms with Crippen LogP contribution in [0, 0.1) is 17.1 Å². The Balaban J connectivity index is 1.27. The molecule has 0 spiro atoms. The molecule has 3 aromatic carbocycles. The van der Waals surface area contributed by atoms with Crippen molar-refractivity contribution in [1.82, 2.24) is 4.98 Å². The van der Waals surface area contributed by atoms with E-state index in [0.29, 0.717) is 73.8 Å². The van der Waals surface area contributed by atoms with E-state index in [1.807, 2.05) is 26.0 Å². The first-order chi connectivity index (χ1) is 22.7. The number of benzene rings is 3. The standard InChI is InChI=1S/C35H33ClFN3O5S2/c1-35(2)44-20-27(45-35)19-43-33-15-31-29(12-22(33)11-26(41)14-28-8-9-46-47-28)34(23(16-38)17-39-31)40-25-6-7-32(30(36)13-25)42-18-21-4-3-5-24(37)10-21/h3-7,10,12-13,15,17,27-28H,8-9,11,14,18-20H2,1-2H3,(H,39,40)/t27-,28?/m1/s1. The van der Waals surface area contributed by atoms with Crippen molar-refractivity contribution >= 4 is 61.2 Å². The van der Waals surface area contributed by atoms with Gasteiger partial charge in [0, 0.05) is 52.7 Å². The number of carbonyl (C=O) groups is 1. The molecule has 244 valence electrons. The van der Waals surface area contributed by atoms with E-state index in [1.54, 1.807) is 51.9 Å². The maximum Gasteiger partial charge on any atom is 0.163 e. The molecule has 0 aliphatic carbocycles. The van der Waals surface area contributed by atoms with Crippen molar-refractivity contribution in [3.8, 4) is 17.6 Å². The lowest BCUT2D eigenvalue weighted by Gasteiger charge is -2.19. The number of ketones is 1. The van der Waals surface area contributed by atoms with E-state index in [0.717, 1.165) is 12.2 Å². The summed E-state index contributed by atoms with van der Waals surface area (Å²) in [4.78, 5) is 17.8. The number of carbonyl (C=O) groups excluding carboxylic acids is 1. The highest BCUT2D eigenvalue weighted by Gasteiger charge is 2.33. The molecule has 0 bridgehead atoms. The van der Waals surface area contributed by atoms with Crippen LogP contribution < -0.4 is 14.8 Å². The minimum atomic E-state index is -0.683. The number of nitriles is 1. The topological polar surface area (TPSA) is 103 Å². The van der Waals surface area contributed by atoms with Gasteiger partial charge in [-0.15, -0.1) is 0 Å². The molecule has 0 saturated carbocycles. The van der Waals surface area contributed by atoms with Crippen LogP contribution in [0.4, 0.5) is 15.8 Å². The smallest absolute Gasteiger partial charge is 0.163 e. The Morgan fingerprint density at radius 3 is 2.79 bits per heavy atom. The molecule has 0 radical (unpaired) electrons. The monoisotopic (exact) mass is 693 g/mol. The molecule has 1 N–H and O–H groups in total. The maximum absolute atomic E-state index is 13.6. The summed E-state index contributed by atoms with van der Waals surface area (Å²) in [5.41, 5.74) is 3.44. The third-order valence-corrected chi connectivity index (χ3v) is 11.0. The number of aromatic nitrogens is 1. The number of hydrogen-bond donors (Lipinski definition) is 1. The SMILES string of the molecule is CC1(C)OC[C@@H](COc2cc3ncc(C#N)c(Nc4ccc(OCc5cccc(F)c5)c(Cl)c4)c3cc2CC(=O)CC2CCSS2)O1. The lowest BCUT2D eigenvalue weighted by Crippen LogP contribution is -2.25. The molecule has 8 nitrogen and oxygen atoms in total. The number of halogens is 2. The Hall–Kier alpha value is -3.53. The average Bonchev–Trinajstić information content (AvgIpc) is 3.68. The van der Waals surface area contributed by atoms with E-state index in [-0.39, 0.29) is 37.3 Å². The van der Waals surface area contributed by atoms with Gasteiger partial charge in [-0.3, -0.25) is 9.78 Å². The summed E-state index contributed by atoms with van der Waals surface area (Å²) in [5.74, 6) is 1.12. The van der Waals surface area contributed by atoms with Crippen LogP contribution in [0.1, 0.15) is 43.4 Å². The lowest BCUT2D eigenvalue weighted by molar-refractivity contribution is -0.141. The number of nitrogens with zero attached hydrogens (tertiary/aromatic N) is 2. The molecule has 6 rings (SSSR count). The highest BCUT2D eigenvalue weighted by molar-refractivity contribution is 8.77. The molecule has 0 amide bonds. The summed E-state index contributed by atoms with van der Waals surface area (Å²) in [6.07, 6.45) is 2.92. The first kappa shape index (κ1) is 33.4. The van der Waals surface area contributed by atoms with Crippen molar-refractivity contribution in [3.63, 3.8) is 0 Å². The quantitative estimate of drug-likeness (QED) is 0.146. The van der Waals surface area contributed by atoms with Gasteiger partial charge in [0.25, 0.3) is 0 Å². The van der Waals surface area contributed by atoms with Crippen LogP contribution in [0.2, 0.25) is 5.02 Å². The van der Waals surface area contributed by atoms with Gasteiger partial charge in [-0.25, -0.2) is 4.39 Å².